The van der Waals surface area contributed by atoms with Gasteiger partial charge >= 0.3 is 11.9 Å². The zero-order valence-corrected chi connectivity index (χ0v) is 14.0. The molecule has 0 atom stereocenters. The normalized spacial score (nSPS) is 11.1. The summed E-state index contributed by atoms with van der Waals surface area (Å²) in [7, 11) is 0. The number of carbonyl (C=O) groups is 2. The standard InChI is InChI=1S/C18H26O4/c1-5-21-16(19)8-6-7-9-17(20)22-15-12-10-14(11-13-15)18(2,3)4/h10-13H,5-9H2,1-4H3. The molecule has 0 saturated carbocycles. The maximum atomic E-state index is 11.7. The van der Waals surface area contributed by atoms with Crippen LogP contribution in [0.15, 0.2) is 24.3 Å². The van der Waals surface area contributed by atoms with E-state index in [2.05, 4.69) is 20.8 Å². The van der Waals surface area contributed by atoms with Crippen LogP contribution in [0.1, 0.15) is 58.9 Å². The lowest BCUT2D eigenvalue weighted by Gasteiger charge is -2.18. The first-order valence-corrected chi connectivity index (χ1v) is 7.79. The minimum atomic E-state index is -0.271. The lowest BCUT2D eigenvalue weighted by Crippen LogP contribution is -2.11. The summed E-state index contributed by atoms with van der Waals surface area (Å²) in [6, 6.07) is 7.58. The van der Waals surface area contributed by atoms with Crippen LogP contribution in [0.25, 0.3) is 0 Å². The predicted octanol–water partition coefficient (Wildman–Crippen LogP) is 4.01. The molecule has 1 aromatic rings. The van der Waals surface area contributed by atoms with Gasteiger partial charge in [-0.3, -0.25) is 9.59 Å². The first-order chi connectivity index (χ1) is 10.3. The Bertz CT molecular complexity index is 483. The Morgan fingerprint density at radius 1 is 0.955 bits per heavy atom. The molecular formula is C18H26O4. The molecule has 1 rings (SSSR count). The summed E-state index contributed by atoms with van der Waals surface area (Å²) in [5.41, 5.74) is 1.28. The summed E-state index contributed by atoms with van der Waals surface area (Å²) in [5, 5.41) is 0. The van der Waals surface area contributed by atoms with Gasteiger partial charge < -0.3 is 9.47 Å². The second-order valence-electron chi connectivity index (χ2n) is 6.26. The molecule has 0 unspecified atom stereocenters. The second kappa shape index (κ2) is 8.57. The van der Waals surface area contributed by atoms with E-state index < -0.39 is 0 Å². The van der Waals surface area contributed by atoms with Crippen LogP contribution < -0.4 is 4.74 Å². The van der Waals surface area contributed by atoms with E-state index in [4.69, 9.17) is 9.47 Å². The fourth-order valence-electron chi connectivity index (χ4n) is 1.98. The number of hydrogen-bond donors (Lipinski definition) is 0. The van der Waals surface area contributed by atoms with Crippen molar-refractivity contribution < 1.29 is 19.1 Å². The third-order valence-electron chi connectivity index (χ3n) is 3.27. The van der Waals surface area contributed by atoms with Crippen molar-refractivity contribution in [1.29, 1.82) is 0 Å². The number of benzene rings is 1. The van der Waals surface area contributed by atoms with Gasteiger partial charge in [-0.25, -0.2) is 0 Å². The van der Waals surface area contributed by atoms with Crippen molar-refractivity contribution in [3.05, 3.63) is 29.8 Å². The zero-order valence-electron chi connectivity index (χ0n) is 14.0. The van der Waals surface area contributed by atoms with Crippen LogP contribution in [0.4, 0.5) is 0 Å². The average molecular weight is 306 g/mol. The molecule has 0 spiro atoms. The first kappa shape index (κ1) is 18.2. The first-order valence-electron chi connectivity index (χ1n) is 7.79. The summed E-state index contributed by atoms with van der Waals surface area (Å²) in [6.07, 6.45) is 1.91. The Hall–Kier alpha value is -1.84. The van der Waals surface area contributed by atoms with Crippen LogP contribution in [-0.2, 0) is 19.7 Å². The highest BCUT2D eigenvalue weighted by Gasteiger charge is 2.13. The predicted molar refractivity (Wildman–Crippen MR) is 85.9 cm³/mol. The van der Waals surface area contributed by atoms with E-state index in [1.165, 1.54) is 5.56 Å². The van der Waals surface area contributed by atoms with Crippen molar-refractivity contribution >= 4 is 11.9 Å². The fourth-order valence-corrected chi connectivity index (χ4v) is 1.98. The Labute approximate surface area is 132 Å². The van der Waals surface area contributed by atoms with E-state index in [1.807, 2.05) is 24.3 Å². The van der Waals surface area contributed by atoms with Gasteiger partial charge in [-0.1, -0.05) is 32.9 Å². The van der Waals surface area contributed by atoms with Crippen LogP contribution in [0.2, 0.25) is 0 Å². The molecule has 0 N–H and O–H groups in total. The number of ether oxygens (including phenoxy) is 2. The van der Waals surface area contributed by atoms with E-state index in [1.54, 1.807) is 6.92 Å². The molecule has 0 heterocycles. The molecule has 4 heteroatoms. The van der Waals surface area contributed by atoms with Crippen molar-refractivity contribution in [3.63, 3.8) is 0 Å². The molecule has 1 aromatic carbocycles. The number of carbonyl (C=O) groups excluding carboxylic acids is 2. The van der Waals surface area contributed by atoms with Crippen molar-refractivity contribution in [2.24, 2.45) is 0 Å². The molecule has 0 aliphatic rings. The molecule has 122 valence electrons. The summed E-state index contributed by atoms with van der Waals surface area (Å²) >= 11 is 0. The van der Waals surface area contributed by atoms with Gasteiger partial charge in [0, 0.05) is 12.8 Å². The molecule has 0 amide bonds. The van der Waals surface area contributed by atoms with E-state index in [-0.39, 0.29) is 17.4 Å². The van der Waals surface area contributed by atoms with Crippen molar-refractivity contribution in [2.45, 2.75) is 58.8 Å². The smallest absolute Gasteiger partial charge is 0.311 e. The van der Waals surface area contributed by atoms with E-state index >= 15 is 0 Å². The van der Waals surface area contributed by atoms with Crippen LogP contribution in [0.5, 0.6) is 5.75 Å². The Balaban J connectivity index is 2.32. The molecule has 0 radical (unpaired) electrons. The van der Waals surface area contributed by atoms with Crippen LogP contribution in [0.3, 0.4) is 0 Å². The minimum Gasteiger partial charge on any atom is -0.466 e. The van der Waals surface area contributed by atoms with Gasteiger partial charge in [-0.05, 0) is 42.9 Å². The van der Waals surface area contributed by atoms with E-state index in [0.29, 0.717) is 38.0 Å². The van der Waals surface area contributed by atoms with E-state index in [0.717, 1.165) is 0 Å². The molecule has 0 aliphatic carbocycles. The third kappa shape index (κ3) is 6.74. The second-order valence-corrected chi connectivity index (χ2v) is 6.26. The lowest BCUT2D eigenvalue weighted by atomic mass is 9.87. The van der Waals surface area contributed by atoms with Gasteiger partial charge in [0.05, 0.1) is 6.61 Å². The highest BCUT2D eigenvalue weighted by molar-refractivity contribution is 5.72. The summed E-state index contributed by atoms with van der Waals surface area (Å²) < 4.78 is 10.1. The average Bonchev–Trinajstić information content (AvgIpc) is 2.43. The van der Waals surface area contributed by atoms with Gasteiger partial charge in [0.25, 0.3) is 0 Å². The van der Waals surface area contributed by atoms with E-state index in [9.17, 15) is 9.59 Å². The van der Waals surface area contributed by atoms with Crippen molar-refractivity contribution in [3.8, 4) is 5.75 Å². The SMILES string of the molecule is CCOC(=O)CCCCC(=O)Oc1ccc(C(C)(C)C)cc1. The van der Waals surface area contributed by atoms with Crippen LogP contribution in [-0.4, -0.2) is 18.5 Å². The molecule has 0 fully saturated rings. The minimum absolute atomic E-state index is 0.0790. The van der Waals surface area contributed by atoms with Crippen LogP contribution >= 0.6 is 0 Å². The van der Waals surface area contributed by atoms with Crippen LogP contribution in [0, 0.1) is 0 Å². The topological polar surface area (TPSA) is 52.6 Å². The number of esters is 2. The highest BCUT2D eigenvalue weighted by atomic mass is 16.5. The molecule has 22 heavy (non-hydrogen) atoms. The van der Waals surface area contributed by atoms with Gasteiger partial charge in [0.2, 0.25) is 0 Å². The largest absolute Gasteiger partial charge is 0.466 e. The molecule has 0 bridgehead atoms. The fraction of sp³-hybridized carbons (Fsp3) is 0.556. The summed E-state index contributed by atoms with van der Waals surface area (Å²) in [5.74, 6) is 0.0735. The molecule has 4 nitrogen and oxygen atoms in total. The molecule has 0 aromatic heterocycles. The quantitative estimate of drug-likeness (QED) is 0.434. The monoisotopic (exact) mass is 306 g/mol. The Morgan fingerprint density at radius 3 is 2.00 bits per heavy atom. The molecule has 0 saturated heterocycles. The number of unbranched alkanes of at least 4 members (excludes halogenated alkanes) is 1. The Morgan fingerprint density at radius 2 is 1.50 bits per heavy atom. The highest BCUT2D eigenvalue weighted by Crippen LogP contribution is 2.24. The zero-order chi connectivity index (χ0) is 16.6. The van der Waals surface area contributed by atoms with Gasteiger partial charge in [0.1, 0.15) is 5.75 Å². The summed E-state index contributed by atoms with van der Waals surface area (Å²) in [4.78, 5) is 22.9. The van der Waals surface area contributed by atoms with Gasteiger partial charge in [0.15, 0.2) is 0 Å². The van der Waals surface area contributed by atoms with Crippen molar-refractivity contribution in [2.75, 3.05) is 6.61 Å². The maximum absolute atomic E-state index is 11.7. The molecule has 0 aliphatic heterocycles. The number of hydrogen-bond acceptors (Lipinski definition) is 4. The molecular weight excluding hydrogens is 280 g/mol. The Kier molecular flexibility index (Phi) is 7.09. The number of rotatable bonds is 7. The maximum Gasteiger partial charge on any atom is 0.311 e. The van der Waals surface area contributed by atoms with Gasteiger partial charge in [-0.15, -0.1) is 0 Å². The van der Waals surface area contributed by atoms with Gasteiger partial charge in [-0.2, -0.15) is 0 Å². The third-order valence-corrected chi connectivity index (χ3v) is 3.27. The lowest BCUT2D eigenvalue weighted by molar-refractivity contribution is -0.143. The summed E-state index contributed by atoms with van der Waals surface area (Å²) in [6.45, 7) is 8.58. The van der Waals surface area contributed by atoms with Crippen molar-refractivity contribution in [1.82, 2.24) is 0 Å².